The molecule has 0 heterocycles. The molecule has 0 bridgehead atoms. The van der Waals surface area contributed by atoms with Gasteiger partial charge in [-0.2, -0.15) is 0 Å². The van der Waals surface area contributed by atoms with Crippen molar-refractivity contribution in [3.8, 4) is 0 Å². The number of hydrogen-bond acceptors (Lipinski definition) is 1. The molecule has 0 saturated heterocycles. The zero-order valence-electron chi connectivity index (χ0n) is 8.93. The summed E-state index contributed by atoms with van der Waals surface area (Å²) >= 11 is 5.97. The fraction of sp³-hybridized carbons (Fsp3) is 0.364. The quantitative estimate of drug-likeness (QED) is 0.817. The van der Waals surface area contributed by atoms with E-state index in [0.717, 1.165) is 12.0 Å². The molecule has 0 aliphatic carbocycles. The van der Waals surface area contributed by atoms with Crippen molar-refractivity contribution in [1.29, 1.82) is 0 Å². The van der Waals surface area contributed by atoms with Crippen molar-refractivity contribution < 1.29 is 4.79 Å². The van der Waals surface area contributed by atoms with Crippen molar-refractivity contribution in [3.63, 3.8) is 0 Å². The van der Waals surface area contributed by atoms with Gasteiger partial charge in [0, 0.05) is 6.54 Å². The van der Waals surface area contributed by atoms with Gasteiger partial charge in [0.1, 0.15) is 0 Å². The molecule has 0 unspecified atom stereocenters. The highest BCUT2D eigenvalue weighted by atomic mass is 35.5. The predicted octanol–water partition coefficient (Wildman–Crippen LogP) is 3.18. The molecule has 4 heteroatoms. The van der Waals surface area contributed by atoms with E-state index in [4.69, 9.17) is 11.6 Å². The lowest BCUT2D eigenvalue weighted by Gasteiger charge is -2.08. The molecule has 0 spiro atoms. The Hall–Kier alpha value is -1.22. The summed E-state index contributed by atoms with van der Waals surface area (Å²) in [5.74, 6) is 0. The third-order valence-electron chi connectivity index (χ3n) is 1.91. The molecule has 0 radical (unpaired) electrons. The highest BCUT2D eigenvalue weighted by Gasteiger charge is 2.04. The van der Waals surface area contributed by atoms with Crippen LogP contribution < -0.4 is 10.6 Å². The molecule has 0 aliphatic rings. The zero-order valence-corrected chi connectivity index (χ0v) is 9.69. The Kier molecular flexibility index (Phi) is 4.43. The number of urea groups is 1. The molecule has 3 nitrogen and oxygen atoms in total. The maximum atomic E-state index is 11.3. The summed E-state index contributed by atoms with van der Waals surface area (Å²) in [5.41, 5.74) is 1.70. The number of anilines is 1. The molecular formula is C11H15ClN2O. The van der Waals surface area contributed by atoms with Crippen molar-refractivity contribution >= 4 is 23.3 Å². The molecule has 82 valence electrons. The normalized spacial score (nSPS) is 9.80. The van der Waals surface area contributed by atoms with Crippen molar-refractivity contribution in [2.45, 2.75) is 20.3 Å². The Morgan fingerprint density at radius 2 is 2.20 bits per heavy atom. The van der Waals surface area contributed by atoms with Crippen LogP contribution >= 0.6 is 11.6 Å². The molecule has 1 aromatic carbocycles. The Morgan fingerprint density at radius 3 is 2.80 bits per heavy atom. The third kappa shape index (κ3) is 3.80. The van der Waals surface area contributed by atoms with Gasteiger partial charge in [-0.05, 0) is 31.0 Å². The van der Waals surface area contributed by atoms with Gasteiger partial charge in [0.2, 0.25) is 0 Å². The lowest BCUT2D eigenvalue weighted by molar-refractivity contribution is 0.252. The maximum Gasteiger partial charge on any atom is 0.319 e. The van der Waals surface area contributed by atoms with E-state index in [1.165, 1.54) is 0 Å². The molecule has 1 aromatic rings. The number of nitrogens with one attached hydrogen (secondary N) is 2. The van der Waals surface area contributed by atoms with Gasteiger partial charge in [0.05, 0.1) is 10.7 Å². The second-order valence-electron chi connectivity index (χ2n) is 3.36. The van der Waals surface area contributed by atoms with Crippen LogP contribution in [0.3, 0.4) is 0 Å². The van der Waals surface area contributed by atoms with Gasteiger partial charge < -0.3 is 10.6 Å². The monoisotopic (exact) mass is 226 g/mol. The van der Waals surface area contributed by atoms with E-state index in [9.17, 15) is 4.79 Å². The van der Waals surface area contributed by atoms with Crippen molar-refractivity contribution in [2.24, 2.45) is 0 Å². The van der Waals surface area contributed by atoms with E-state index >= 15 is 0 Å². The number of benzene rings is 1. The number of halogens is 1. The van der Waals surface area contributed by atoms with Crippen LogP contribution in [-0.4, -0.2) is 12.6 Å². The van der Waals surface area contributed by atoms with Crippen LogP contribution in [0.1, 0.15) is 18.9 Å². The summed E-state index contributed by atoms with van der Waals surface area (Å²) in [5, 5.41) is 5.96. The van der Waals surface area contributed by atoms with E-state index in [0.29, 0.717) is 17.3 Å². The Balaban J connectivity index is 2.60. The van der Waals surface area contributed by atoms with Gasteiger partial charge in [0.15, 0.2) is 0 Å². The Morgan fingerprint density at radius 1 is 1.47 bits per heavy atom. The summed E-state index contributed by atoms with van der Waals surface area (Å²) in [6.07, 6.45) is 0.912. The highest BCUT2D eigenvalue weighted by Crippen LogP contribution is 2.22. The van der Waals surface area contributed by atoms with Gasteiger partial charge >= 0.3 is 6.03 Å². The van der Waals surface area contributed by atoms with E-state index < -0.39 is 0 Å². The van der Waals surface area contributed by atoms with Gasteiger partial charge in [-0.25, -0.2) is 4.79 Å². The topological polar surface area (TPSA) is 41.1 Å². The molecule has 1 rings (SSSR count). The number of carbonyl (C=O) groups excluding carboxylic acids is 1. The van der Waals surface area contributed by atoms with Crippen LogP contribution in [0.2, 0.25) is 5.02 Å². The Bertz CT molecular complexity index is 352. The first-order chi connectivity index (χ1) is 7.13. The van der Waals surface area contributed by atoms with Crippen LogP contribution in [0.4, 0.5) is 10.5 Å². The standard InChI is InChI=1S/C11H15ClN2O/c1-3-6-13-11(15)14-10-5-4-8(2)7-9(10)12/h4-5,7H,3,6H2,1-2H3,(H2,13,14,15). The second-order valence-corrected chi connectivity index (χ2v) is 3.77. The molecule has 0 aromatic heterocycles. The summed E-state index contributed by atoms with van der Waals surface area (Å²) in [6.45, 7) is 4.61. The second kappa shape index (κ2) is 5.61. The van der Waals surface area contributed by atoms with Gasteiger partial charge in [0.25, 0.3) is 0 Å². The summed E-state index contributed by atoms with van der Waals surface area (Å²) in [4.78, 5) is 11.3. The molecule has 0 atom stereocenters. The molecule has 2 amide bonds. The third-order valence-corrected chi connectivity index (χ3v) is 2.22. The molecular weight excluding hydrogens is 212 g/mol. The largest absolute Gasteiger partial charge is 0.338 e. The van der Waals surface area contributed by atoms with Gasteiger partial charge in [-0.3, -0.25) is 0 Å². The minimum Gasteiger partial charge on any atom is -0.338 e. The van der Waals surface area contributed by atoms with Gasteiger partial charge in [-0.15, -0.1) is 0 Å². The van der Waals surface area contributed by atoms with E-state index in [-0.39, 0.29) is 6.03 Å². The van der Waals surface area contributed by atoms with Crippen molar-refractivity contribution in [2.75, 3.05) is 11.9 Å². The number of hydrogen-bond donors (Lipinski definition) is 2. The van der Waals surface area contributed by atoms with Crippen molar-refractivity contribution in [1.82, 2.24) is 5.32 Å². The Labute approximate surface area is 94.8 Å². The molecule has 0 aliphatic heterocycles. The first kappa shape index (κ1) is 11.9. The number of rotatable bonds is 3. The van der Waals surface area contributed by atoms with E-state index in [2.05, 4.69) is 10.6 Å². The average molecular weight is 227 g/mol. The van der Waals surface area contributed by atoms with E-state index in [1.807, 2.05) is 26.0 Å². The van der Waals surface area contributed by atoms with Gasteiger partial charge in [-0.1, -0.05) is 24.6 Å². The van der Waals surface area contributed by atoms with Crippen molar-refractivity contribution in [3.05, 3.63) is 28.8 Å². The van der Waals surface area contributed by atoms with E-state index in [1.54, 1.807) is 6.07 Å². The van der Waals surface area contributed by atoms with Crippen LogP contribution in [-0.2, 0) is 0 Å². The number of carbonyl (C=O) groups is 1. The summed E-state index contributed by atoms with van der Waals surface area (Å²) in [6, 6.07) is 5.30. The minimum atomic E-state index is -0.220. The lowest BCUT2D eigenvalue weighted by Crippen LogP contribution is -2.29. The van der Waals surface area contributed by atoms with Crippen LogP contribution in [0.5, 0.6) is 0 Å². The molecule has 2 N–H and O–H groups in total. The molecule has 0 saturated carbocycles. The fourth-order valence-corrected chi connectivity index (χ4v) is 1.41. The lowest BCUT2D eigenvalue weighted by atomic mass is 10.2. The SMILES string of the molecule is CCCNC(=O)Nc1ccc(C)cc1Cl. The summed E-state index contributed by atoms with van der Waals surface area (Å²) in [7, 11) is 0. The first-order valence-electron chi connectivity index (χ1n) is 4.94. The minimum absolute atomic E-state index is 0.220. The molecule has 0 fully saturated rings. The number of amides is 2. The first-order valence-corrected chi connectivity index (χ1v) is 5.32. The summed E-state index contributed by atoms with van der Waals surface area (Å²) < 4.78 is 0. The predicted molar refractivity (Wildman–Crippen MR) is 63.5 cm³/mol. The number of aryl methyl sites for hydroxylation is 1. The smallest absolute Gasteiger partial charge is 0.319 e. The van der Waals surface area contributed by atoms with Crippen LogP contribution in [0, 0.1) is 6.92 Å². The van der Waals surface area contributed by atoms with Crippen LogP contribution in [0.15, 0.2) is 18.2 Å². The maximum absolute atomic E-state index is 11.3. The molecule has 15 heavy (non-hydrogen) atoms. The highest BCUT2D eigenvalue weighted by molar-refractivity contribution is 6.33. The van der Waals surface area contributed by atoms with Crippen LogP contribution in [0.25, 0.3) is 0 Å². The fourth-order valence-electron chi connectivity index (χ4n) is 1.13. The zero-order chi connectivity index (χ0) is 11.3. The average Bonchev–Trinajstić information content (AvgIpc) is 2.19.